The van der Waals surface area contributed by atoms with Crippen molar-refractivity contribution in [3.05, 3.63) is 46.8 Å². The molecule has 4 heteroatoms. The van der Waals surface area contributed by atoms with E-state index in [1.165, 1.54) is 11.3 Å². The second-order valence-electron chi connectivity index (χ2n) is 3.13. The number of rotatable bonds is 2. The zero-order chi connectivity index (χ0) is 10.8. The topological polar surface area (TPSA) is 69.1 Å². The van der Waals surface area contributed by atoms with Crippen LogP contribution in [0.1, 0.15) is 15.2 Å². The molecule has 2 rings (SSSR count). The number of anilines is 2. The first-order valence-corrected chi connectivity index (χ1v) is 5.24. The number of nitrogen functional groups attached to an aromatic ring is 2. The number of thiophene rings is 1. The average Bonchev–Trinajstić information content (AvgIpc) is 2.58. The van der Waals surface area contributed by atoms with E-state index in [0.29, 0.717) is 21.1 Å². The molecule has 1 aromatic carbocycles. The van der Waals surface area contributed by atoms with Crippen LogP contribution in [0.2, 0.25) is 0 Å². The SMILES string of the molecule is Nc1cc(N)c(C(=O)c2ccccc2)s1. The summed E-state index contributed by atoms with van der Waals surface area (Å²) in [5.74, 6) is -0.0743. The molecule has 1 aromatic heterocycles. The van der Waals surface area contributed by atoms with Crippen LogP contribution in [-0.4, -0.2) is 5.78 Å². The second-order valence-corrected chi connectivity index (χ2v) is 4.21. The number of carbonyl (C=O) groups is 1. The van der Waals surface area contributed by atoms with Gasteiger partial charge in [-0.1, -0.05) is 30.3 Å². The summed E-state index contributed by atoms with van der Waals surface area (Å²) in [5, 5.41) is 0.562. The van der Waals surface area contributed by atoms with Gasteiger partial charge in [-0.25, -0.2) is 0 Å². The molecule has 15 heavy (non-hydrogen) atoms. The summed E-state index contributed by atoms with van der Waals surface area (Å²) in [6, 6.07) is 10.6. The molecule has 0 atom stereocenters. The fourth-order valence-corrected chi connectivity index (χ4v) is 2.13. The maximum atomic E-state index is 12.0. The normalized spacial score (nSPS) is 10.1. The molecular weight excluding hydrogens is 208 g/mol. The van der Waals surface area contributed by atoms with Crippen LogP contribution in [-0.2, 0) is 0 Å². The molecule has 0 bridgehead atoms. The summed E-state index contributed by atoms with van der Waals surface area (Å²) in [5.41, 5.74) is 12.4. The minimum Gasteiger partial charge on any atom is -0.397 e. The summed E-state index contributed by atoms with van der Waals surface area (Å²) >= 11 is 1.22. The molecule has 0 aliphatic rings. The molecule has 0 fully saturated rings. The average molecular weight is 218 g/mol. The molecule has 0 radical (unpaired) electrons. The molecule has 0 amide bonds. The Labute approximate surface area is 91.3 Å². The van der Waals surface area contributed by atoms with Crippen molar-refractivity contribution in [1.82, 2.24) is 0 Å². The zero-order valence-corrected chi connectivity index (χ0v) is 8.75. The Kier molecular flexibility index (Phi) is 2.43. The lowest BCUT2D eigenvalue weighted by atomic mass is 10.1. The van der Waals surface area contributed by atoms with Crippen LogP contribution in [0.25, 0.3) is 0 Å². The van der Waals surface area contributed by atoms with Gasteiger partial charge >= 0.3 is 0 Å². The van der Waals surface area contributed by atoms with Crippen molar-refractivity contribution in [2.24, 2.45) is 0 Å². The Balaban J connectivity index is 2.41. The van der Waals surface area contributed by atoms with Crippen molar-refractivity contribution >= 4 is 27.8 Å². The third-order valence-electron chi connectivity index (χ3n) is 2.02. The molecule has 1 heterocycles. The van der Waals surface area contributed by atoms with Crippen LogP contribution < -0.4 is 11.5 Å². The smallest absolute Gasteiger partial charge is 0.205 e. The largest absolute Gasteiger partial charge is 0.397 e. The number of ketones is 1. The van der Waals surface area contributed by atoms with Gasteiger partial charge in [0, 0.05) is 5.56 Å². The van der Waals surface area contributed by atoms with E-state index in [9.17, 15) is 4.79 Å². The van der Waals surface area contributed by atoms with Crippen LogP contribution in [0.5, 0.6) is 0 Å². The Morgan fingerprint density at radius 2 is 1.80 bits per heavy atom. The highest BCUT2D eigenvalue weighted by atomic mass is 32.1. The van der Waals surface area contributed by atoms with Gasteiger partial charge in [-0.2, -0.15) is 0 Å². The zero-order valence-electron chi connectivity index (χ0n) is 7.94. The maximum Gasteiger partial charge on any atom is 0.205 e. The highest BCUT2D eigenvalue weighted by Crippen LogP contribution is 2.28. The highest BCUT2D eigenvalue weighted by Gasteiger charge is 2.14. The molecule has 0 saturated heterocycles. The third-order valence-corrected chi connectivity index (χ3v) is 3.00. The van der Waals surface area contributed by atoms with E-state index in [4.69, 9.17) is 11.5 Å². The Morgan fingerprint density at radius 1 is 1.13 bits per heavy atom. The van der Waals surface area contributed by atoms with E-state index >= 15 is 0 Å². The Hall–Kier alpha value is -1.81. The maximum absolute atomic E-state index is 12.0. The monoisotopic (exact) mass is 218 g/mol. The van der Waals surface area contributed by atoms with Gasteiger partial charge in [0.2, 0.25) is 5.78 Å². The van der Waals surface area contributed by atoms with Crippen molar-refractivity contribution in [2.45, 2.75) is 0 Å². The van der Waals surface area contributed by atoms with Crippen LogP contribution in [0.3, 0.4) is 0 Å². The van der Waals surface area contributed by atoms with E-state index in [1.807, 2.05) is 18.2 Å². The van der Waals surface area contributed by atoms with E-state index in [0.717, 1.165) is 0 Å². The quantitative estimate of drug-likeness (QED) is 0.759. The summed E-state index contributed by atoms with van der Waals surface area (Å²) in [7, 11) is 0. The van der Waals surface area contributed by atoms with E-state index in [1.54, 1.807) is 18.2 Å². The second kappa shape index (κ2) is 3.74. The number of hydrogen-bond acceptors (Lipinski definition) is 4. The van der Waals surface area contributed by atoms with Gasteiger partial charge in [-0.05, 0) is 6.07 Å². The van der Waals surface area contributed by atoms with Crippen LogP contribution in [0, 0.1) is 0 Å². The molecule has 0 aliphatic carbocycles. The predicted octanol–water partition coefficient (Wildman–Crippen LogP) is 2.14. The number of carbonyl (C=O) groups excluding carboxylic acids is 1. The lowest BCUT2D eigenvalue weighted by molar-refractivity contribution is 0.104. The van der Waals surface area contributed by atoms with Crippen LogP contribution in [0.15, 0.2) is 36.4 Å². The molecule has 0 saturated carbocycles. The first-order chi connectivity index (χ1) is 7.18. The van der Waals surface area contributed by atoms with Gasteiger partial charge in [-0.15, -0.1) is 11.3 Å². The number of hydrogen-bond donors (Lipinski definition) is 2. The molecule has 2 aromatic rings. The van der Waals surface area contributed by atoms with Crippen molar-refractivity contribution < 1.29 is 4.79 Å². The van der Waals surface area contributed by atoms with Crippen molar-refractivity contribution in [3.63, 3.8) is 0 Å². The summed E-state index contributed by atoms with van der Waals surface area (Å²) in [6.07, 6.45) is 0. The Morgan fingerprint density at radius 3 is 2.33 bits per heavy atom. The lowest BCUT2D eigenvalue weighted by Crippen LogP contribution is -2.01. The first-order valence-electron chi connectivity index (χ1n) is 4.43. The van der Waals surface area contributed by atoms with Crippen molar-refractivity contribution in [2.75, 3.05) is 11.5 Å². The first kappa shape index (κ1) is 9.73. The van der Waals surface area contributed by atoms with E-state index in [-0.39, 0.29) is 5.78 Å². The fourth-order valence-electron chi connectivity index (χ4n) is 1.32. The van der Waals surface area contributed by atoms with Gasteiger partial charge < -0.3 is 11.5 Å². The van der Waals surface area contributed by atoms with Crippen LogP contribution >= 0.6 is 11.3 Å². The molecule has 0 spiro atoms. The summed E-state index contributed by atoms with van der Waals surface area (Å²) < 4.78 is 0. The predicted molar refractivity (Wildman–Crippen MR) is 63.0 cm³/mol. The molecule has 0 unspecified atom stereocenters. The molecule has 3 nitrogen and oxygen atoms in total. The molecule has 76 valence electrons. The van der Waals surface area contributed by atoms with Gasteiger partial charge in [0.15, 0.2) is 0 Å². The van der Waals surface area contributed by atoms with E-state index in [2.05, 4.69) is 0 Å². The standard InChI is InChI=1S/C11H10N2OS/c12-8-6-9(13)15-11(8)10(14)7-4-2-1-3-5-7/h1-6H,12-13H2. The molecule has 0 aliphatic heterocycles. The van der Waals surface area contributed by atoms with Crippen molar-refractivity contribution in [1.29, 1.82) is 0 Å². The molecule has 4 N–H and O–H groups in total. The van der Waals surface area contributed by atoms with Gasteiger partial charge in [0.25, 0.3) is 0 Å². The summed E-state index contributed by atoms with van der Waals surface area (Å²) in [6.45, 7) is 0. The molecular formula is C11H10N2OS. The lowest BCUT2D eigenvalue weighted by Gasteiger charge is -1.98. The number of nitrogens with two attached hydrogens (primary N) is 2. The highest BCUT2D eigenvalue weighted by molar-refractivity contribution is 7.18. The van der Waals surface area contributed by atoms with Gasteiger partial charge in [0.05, 0.1) is 10.7 Å². The van der Waals surface area contributed by atoms with E-state index < -0.39 is 0 Å². The van der Waals surface area contributed by atoms with Gasteiger partial charge in [0.1, 0.15) is 4.88 Å². The minimum absolute atomic E-state index is 0.0743. The van der Waals surface area contributed by atoms with Crippen LogP contribution in [0.4, 0.5) is 10.7 Å². The fraction of sp³-hybridized carbons (Fsp3) is 0. The minimum atomic E-state index is -0.0743. The summed E-state index contributed by atoms with van der Waals surface area (Å²) in [4.78, 5) is 12.5. The van der Waals surface area contributed by atoms with Gasteiger partial charge in [-0.3, -0.25) is 4.79 Å². The number of benzene rings is 1. The third kappa shape index (κ3) is 1.85. The van der Waals surface area contributed by atoms with Crippen molar-refractivity contribution in [3.8, 4) is 0 Å². The Bertz CT molecular complexity index is 491.